The van der Waals surface area contributed by atoms with E-state index in [9.17, 15) is 4.79 Å². The molecule has 1 aromatic heterocycles. The summed E-state index contributed by atoms with van der Waals surface area (Å²) < 4.78 is 11.4. The summed E-state index contributed by atoms with van der Waals surface area (Å²) in [6.07, 6.45) is 2.74. The second kappa shape index (κ2) is 10.5. The molecule has 0 aliphatic rings. The number of hydrogen-bond acceptors (Lipinski definition) is 4. The Bertz CT molecular complexity index is 981. The van der Waals surface area contributed by atoms with Gasteiger partial charge in [-0.3, -0.25) is 0 Å². The fourth-order valence-corrected chi connectivity index (χ4v) is 3.76. The molecule has 0 bridgehead atoms. The normalized spacial score (nSPS) is 12.0. The van der Waals surface area contributed by atoms with Crippen molar-refractivity contribution in [2.45, 2.75) is 46.1 Å². The number of hydrogen-bond donors (Lipinski definition) is 1. The Morgan fingerprint density at radius 3 is 2.34 bits per heavy atom. The molecular formula is C24H30ClNO3. The highest BCUT2D eigenvalue weighted by atomic mass is 35.5. The van der Waals surface area contributed by atoms with Crippen molar-refractivity contribution in [3.05, 3.63) is 64.5 Å². The highest BCUT2D eigenvalue weighted by Gasteiger charge is 2.26. The molecule has 4 nitrogen and oxygen atoms in total. The lowest BCUT2D eigenvalue weighted by Gasteiger charge is -2.23. The monoisotopic (exact) mass is 415 g/mol. The molecule has 1 unspecified atom stereocenters. The van der Waals surface area contributed by atoms with Crippen LogP contribution in [0.15, 0.2) is 57.7 Å². The van der Waals surface area contributed by atoms with E-state index in [1.807, 2.05) is 42.5 Å². The zero-order valence-corrected chi connectivity index (χ0v) is 18.1. The average Bonchev–Trinajstić information content (AvgIpc) is 2.72. The smallest absolute Gasteiger partial charge is 0.341 e. The Kier molecular flexibility index (Phi) is 8.30. The van der Waals surface area contributed by atoms with E-state index in [2.05, 4.69) is 20.8 Å². The van der Waals surface area contributed by atoms with Gasteiger partial charge in [-0.05, 0) is 30.0 Å². The topological polar surface area (TPSA) is 65.5 Å². The molecule has 5 heteroatoms. The zero-order valence-electron chi connectivity index (χ0n) is 17.3. The second-order valence-electron chi connectivity index (χ2n) is 7.15. The summed E-state index contributed by atoms with van der Waals surface area (Å²) >= 11 is 0. The van der Waals surface area contributed by atoms with Crippen LogP contribution in [0.1, 0.15) is 51.6 Å². The third kappa shape index (κ3) is 4.82. The minimum Gasteiger partial charge on any atom is -0.493 e. The van der Waals surface area contributed by atoms with Gasteiger partial charge >= 0.3 is 5.63 Å². The van der Waals surface area contributed by atoms with Crippen LogP contribution in [0, 0.1) is 5.92 Å². The summed E-state index contributed by atoms with van der Waals surface area (Å²) in [5.41, 5.74) is 9.17. The van der Waals surface area contributed by atoms with Crippen LogP contribution in [-0.4, -0.2) is 6.61 Å². The first-order valence-electron chi connectivity index (χ1n) is 10.1. The van der Waals surface area contributed by atoms with E-state index in [-0.39, 0.29) is 30.0 Å². The molecule has 0 aliphatic carbocycles. The number of benzene rings is 2. The van der Waals surface area contributed by atoms with Crippen LogP contribution in [-0.2, 0) is 0 Å². The molecule has 1 atom stereocenters. The van der Waals surface area contributed by atoms with E-state index in [1.54, 1.807) is 6.07 Å². The Morgan fingerprint density at radius 1 is 1.03 bits per heavy atom. The number of rotatable bonds is 8. The maximum atomic E-state index is 13.0. The van der Waals surface area contributed by atoms with E-state index in [1.165, 1.54) is 0 Å². The van der Waals surface area contributed by atoms with Gasteiger partial charge < -0.3 is 14.9 Å². The maximum Gasteiger partial charge on any atom is 0.341 e. The van der Waals surface area contributed by atoms with Gasteiger partial charge in [0.25, 0.3) is 0 Å². The number of fused-ring (bicyclic) bond motifs is 1. The molecule has 3 aromatic rings. The Hall–Kier alpha value is -2.30. The van der Waals surface area contributed by atoms with Crippen molar-refractivity contribution in [1.82, 2.24) is 0 Å². The van der Waals surface area contributed by atoms with Crippen molar-refractivity contribution < 1.29 is 9.15 Å². The number of ether oxygens (including phenoxy) is 1. The van der Waals surface area contributed by atoms with Gasteiger partial charge in [0.1, 0.15) is 11.3 Å². The van der Waals surface area contributed by atoms with E-state index in [4.69, 9.17) is 14.9 Å². The lowest BCUT2D eigenvalue weighted by Crippen LogP contribution is -2.27. The maximum absolute atomic E-state index is 13.0. The van der Waals surface area contributed by atoms with Crippen LogP contribution >= 0.6 is 12.4 Å². The summed E-state index contributed by atoms with van der Waals surface area (Å²) in [6, 6.07) is 15.3. The Morgan fingerprint density at radius 2 is 1.72 bits per heavy atom. The van der Waals surface area contributed by atoms with Gasteiger partial charge in [0.15, 0.2) is 0 Å². The molecule has 156 valence electrons. The van der Waals surface area contributed by atoms with Gasteiger partial charge in [-0.25, -0.2) is 4.79 Å². The summed E-state index contributed by atoms with van der Waals surface area (Å²) in [6.45, 7) is 6.89. The Labute approximate surface area is 178 Å². The molecule has 2 N–H and O–H groups in total. The lowest BCUT2D eigenvalue weighted by atomic mass is 9.85. The summed E-state index contributed by atoms with van der Waals surface area (Å²) in [7, 11) is 0. The minimum atomic E-state index is -0.373. The summed E-state index contributed by atoms with van der Waals surface area (Å²) in [5, 5.41) is 0.881. The molecule has 3 rings (SSSR count). The van der Waals surface area contributed by atoms with Crippen molar-refractivity contribution in [2.24, 2.45) is 11.7 Å². The van der Waals surface area contributed by atoms with E-state index in [0.717, 1.165) is 35.8 Å². The fraction of sp³-hybridized carbons (Fsp3) is 0.375. The van der Waals surface area contributed by atoms with Crippen molar-refractivity contribution in [2.75, 3.05) is 6.61 Å². The third-order valence-corrected chi connectivity index (χ3v) is 5.34. The van der Waals surface area contributed by atoms with Crippen LogP contribution in [0.3, 0.4) is 0 Å². The zero-order chi connectivity index (χ0) is 20.1. The molecule has 0 spiro atoms. The van der Waals surface area contributed by atoms with Crippen molar-refractivity contribution in [1.29, 1.82) is 0 Å². The van der Waals surface area contributed by atoms with Crippen LogP contribution in [0.25, 0.3) is 22.1 Å². The molecule has 0 saturated heterocycles. The lowest BCUT2D eigenvalue weighted by molar-refractivity contribution is 0.317. The van der Waals surface area contributed by atoms with Crippen molar-refractivity contribution in [3.63, 3.8) is 0 Å². The van der Waals surface area contributed by atoms with Gasteiger partial charge in [-0.15, -0.1) is 12.4 Å². The van der Waals surface area contributed by atoms with Gasteiger partial charge in [-0.2, -0.15) is 0 Å². The highest BCUT2D eigenvalue weighted by Crippen LogP contribution is 2.37. The summed E-state index contributed by atoms with van der Waals surface area (Å²) in [4.78, 5) is 13.0. The first-order valence-corrected chi connectivity index (χ1v) is 10.1. The molecule has 0 saturated carbocycles. The minimum absolute atomic E-state index is 0. The summed E-state index contributed by atoms with van der Waals surface area (Å²) in [5.74, 6) is 0.920. The van der Waals surface area contributed by atoms with Gasteiger partial charge in [0, 0.05) is 23.1 Å². The van der Waals surface area contributed by atoms with Gasteiger partial charge in [0.2, 0.25) is 0 Å². The van der Waals surface area contributed by atoms with Gasteiger partial charge in [0.05, 0.1) is 12.2 Å². The predicted molar refractivity (Wildman–Crippen MR) is 122 cm³/mol. The quantitative estimate of drug-likeness (QED) is 0.451. The van der Waals surface area contributed by atoms with E-state index < -0.39 is 0 Å². The molecular weight excluding hydrogens is 386 g/mol. The molecule has 0 aliphatic heterocycles. The highest BCUT2D eigenvalue weighted by molar-refractivity contribution is 5.95. The first-order chi connectivity index (χ1) is 13.6. The molecule has 0 radical (unpaired) electrons. The second-order valence-corrected chi connectivity index (χ2v) is 7.15. The van der Waals surface area contributed by atoms with Crippen molar-refractivity contribution >= 4 is 23.4 Å². The number of halogens is 1. The van der Waals surface area contributed by atoms with Crippen LogP contribution in [0.2, 0.25) is 0 Å². The first kappa shape index (κ1) is 23.0. The van der Waals surface area contributed by atoms with E-state index in [0.29, 0.717) is 23.5 Å². The third-order valence-electron chi connectivity index (χ3n) is 5.34. The molecule has 2 aromatic carbocycles. The van der Waals surface area contributed by atoms with E-state index >= 15 is 0 Å². The fourth-order valence-electron chi connectivity index (χ4n) is 3.76. The Balaban J connectivity index is 0.00000300. The van der Waals surface area contributed by atoms with Gasteiger partial charge in [-0.1, -0.05) is 63.9 Å². The van der Waals surface area contributed by atoms with Crippen LogP contribution in [0.4, 0.5) is 0 Å². The van der Waals surface area contributed by atoms with Crippen molar-refractivity contribution in [3.8, 4) is 16.9 Å². The molecule has 0 fully saturated rings. The SMILES string of the molecule is CCCOc1ccc2c(-c3ccccc3)c(C(N)C(CC)CC)c(=O)oc2c1.Cl. The number of nitrogens with two attached hydrogens (primary N) is 1. The van der Waals surface area contributed by atoms with Crippen LogP contribution in [0.5, 0.6) is 5.75 Å². The van der Waals surface area contributed by atoms with Crippen LogP contribution < -0.4 is 16.1 Å². The molecule has 1 heterocycles. The molecule has 29 heavy (non-hydrogen) atoms. The molecule has 0 amide bonds. The average molecular weight is 416 g/mol. The standard InChI is InChI=1S/C24H29NO3.ClH/c1-4-14-27-18-12-13-19-20(15-18)28-24(26)22(23(25)16(5-2)6-3)21(19)17-10-8-7-9-11-17;/h7-13,15-16,23H,4-6,14,25H2,1-3H3;1H. The largest absolute Gasteiger partial charge is 0.493 e. The predicted octanol–water partition coefficient (Wildman–Crippen LogP) is 6.11.